The summed E-state index contributed by atoms with van der Waals surface area (Å²) in [6.07, 6.45) is 1.02. The highest BCUT2D eigenvalue weighted by Crippen LogP contribution is 2.29. The molecule has 1 saturated heterocycles. The number of hydrogen-bond donors (Lipinski definition) is 0. The van der Waals surface area contributed by atoms with Crippen molar-refractivity contribution in [3.63, 3.8) is 0 Å². The van der Waals surface area contributed by atoms with E-state index in [1.165, 1.54) is 15.6 Å². The van der Waals surface area contributed by atoms with Gasteiger partial charge in [-0.05, 0) is 58.6 Å². The predicted octanol–water partition coefficient (Wildman–Crippen LogP) is 3.94. The molecule has 5 nitrogen and oxygen atoms in total. The van der Waals surface area contributed by atoms with Gasteiger partial charge in [-0.1, -0.05) is 23.7 Å². The number of rotatable bonds is 5. The number of halogens is 2. The molecule has 1 fully saturated rings. The number of carbonyl (C=O) groups excluding carboxylic acids is 1. The van der Waals surface area contributed by atoms with Crippen molar-refractivity contribution >= 4 is 54.8 Å². The lowest BCUT2D eigenvalue weighted by Crippen LogP contribution is -2.50. The van der Waals surface area contributed by atoms with E-state index in [1.807, 2.05) is 25.1 Å². The smallest absolute Gasteiger partial charge is 0.252 e. The number of thiophene rings is 1. The summed E-state index contributed by atoms with van der Waals surface area (Å²) in [5, 5.41) is 0.707. The minimum absolute atomic E-state index is 0.0441. The van der Waals surface area contributed by atoms with Crippen molar-refractivity contribution in [3.8, 4) is 0 Å². The molecule has 1 aliphatic rings. The van der Waals surface area contributed by atoms with Crippen LogP contribution in [0.4, 0.5) is 0 Å². The lowest BCUT2D eigenvalue weighted by atomic mass is 10.1. The van der Waals surface area contributed by atoms with E-state index < -0.39 is 10.0 Å². The van der Waals surface area contributed by atoms with Crippen LogP contribution in [-0.4, -0.2) is 49.7 Å². The summed E-state index contributed by atoms with van der Waals surface area (Å²) in [5.41, 5.74) is 2.05. The van der Waals surface area contributed by atoms with E-state index in [2.05, 4.69) is 15.9 Å². The highest BCUT2D eigenvalue weighted by molar-refractivity contribution is 9.11. The third kappa shape index (κ3) is 4.92. The summed E-state index contributed by atoms with van der Waals surface area (Å²) in [7, 11) is -3.49. The lowest BCUT2D eigenvalue weighted by molar-refractivity contribution is -0.132. The Hall–Kier alpha value is -0.930. The van der Waals surface area contributed by atoms with E-state index in [-0.39, 0.29) is 5.91 Å². The van der Waals surface area contributed by atoms with Crippen LogP contribution in [-0.2, 0) is 21.2 Å². The number of sulfonamides is 1. The Kier molecular flexibility index (Phi) is 6.63. The maximum absolute atomic E-state index is 12.6. The summed E-state index contributed by atoms with van der Waals surface area (Å²) in [4.78, 5) is 14.2. The molecule has 1 aromatic carbocycles. The number of piperazine rings is 1. The summed E-state index contributed by atoms with van der Waals surface area (Å²) in [6, 6.07) is 9.17. The normalized spacial score (nSPS) is 15.9. The van der Waals surface area contributed by atoms with Gasteiger partial charge in [-0.15, -0.1) is 11.3 Å². The van der Waals surface area contributed by atoms with Crippen LogP contribution >= 0.6 is 38.9 Å². The number of aryl methyl sites for hydroxylation is 2. The Morgan fingerprint density at radius 3 is 2.48 bits per heavy atom. The van der Waals surface area contributed by atoms with E-state index in [0.29, 0.717) is 48.3 Å². The van der Waals surface area contributed by atoms with Gasteiger partial charge in [-0.3, -0.25) is 4.79 Å². The SMILES string of the molecule is Cc1ccc(CCC(=O)N2CCN(S(=O)(=O)c3ccc(Br)s3)CC2)cc1Cl. The number of benzene rings is 1. The van der Waals surface area contributed by atoms with Crippen LogP contribution in [0.3, 0.4) is 0 Å². The molecule has 0 radical (unpaired) electrons. The molecule has 0 spiro atoms. The molecule has 0 aliphatic carbocycles. The molecule has 0 unspecified atom stereocenters. The van der Waals surface area contributed by atoms with Crippen molar-refractivity contribution in [3.05, 3.63) is 50.3 Å². The van der Waals surface area contributed by atoms with E-state index in [0.717, 1.165) is 14.9 Å². The summed E-state index contributed by atoms with van der Waals surface area (Å²) < 4.78 is 27.9. The van der Waals surface area contributed by atoms with Crippen molar-refractivity contribution in [2.24, 2.45) is 0 Å². The first-order chi connectivity index (χ1) is 12.8. The second-order valence-electron chi connectivity index (χ2n) is 6.43. The topological polar surface area (TPSA) is 57.7 Å². The van der Waals surface area contributed by atoms with Gasteiger partial charge in [-0.25, -0.2) is 8.42 Å². The van der Waals surface area contributed by atoms with E-state index >= 15 is 0 Å². The standard InChI is InChI=1S/C18H20BrClN2O3S2/c1-13-2-3-14(12-15(13)20)4-6-17(23)21-8-10-22(11-9-21)27(24,25)18-7-5-16(19)26-18/h2-3,5,7,12H,4,6,8-11H2,1H3. The van der Waals surface area contributed by atoms with Gasteiger partial charge in [0.05, 0.1) is 3.79 Å². The van der Waals surface area contributed by atoms with Gasteiger partial charge in [0.25, 0.3) is 10.0 Å². The van der Waals surface area contributed by atoms with Crippen LogP contribution in [0.15, 0.2) is 38.3 Å². The van der Waals surface area contributed by atoms with Crippen LogP contribution in [0.2, 0.25) is 5.02 Å². The fourth-order valence-corrected chi connectivity index (χ4v) is 6.73. The molecule has 27 heavy (non-hydrogen) atoms. The zero-order chi connectivity index (χ0) is 19.6. The molecule has 9 heteroatoms. The minimum Gasteiger partial charge on any atom is -0.340 e. The van der Waals surface area contributed by atoms with Crippen LogP contribution < -0.4 is 0 Å². The summed E-state index contributed by atoms with van der Waals surface area (Å²) in [6.45, 7) is 3.41. The predicted molar refractivity (Wildman–Crippen MR) is 112 cm³/mol. The molecule has 3 rings (SSSR count). The second-order valence-corrected chi connectivity index (χ2v) is 11.5. The number of carbonyl (C=O) groups is 1. The molecule has 1 amide bonds. The molecule has 1 aliphatic heterocycles. The van der Waals surface area contributed by atoms with Gasteiger partial charge < -0.3 is 4.90 Å². The molecule has 0 atom stereocenters. The first-order valence-electron chi connectivity index (χ1n) is 8.55. The fraction of sp³-hybridized carbons (Fsp3) is 0.389. The van der Waals surface area contributed by atoms with Crippen LogP contribution in [0.5, 0.6) is 0 Å². The van der Waals surface area contributed by atoms with Crippen LogP contribution in [0.1, 0.15) is 17.5 Å². The summed E-state index contributed by atoms with van der Waals surface area (Å²) >= 11 is 10.6. The maximum Gasteiger partial charge on any atom is 0.252 e. The Bertz CT molecular complexity index is 938. The van der Waals surface area contributed by atoms with Gasteiger partial charge in [0.1, 0.15) is 4.21 Å². The van der Waals surface area contributed by atoms with Crippen LogP contribution in [0, 0.1) is 6.92 Å². The molecule has 2 aromatic rings. The van der Waals surface area contributed by atoms with Gasteiger partial charge >= 0.3 is 0 Å². The lowest BCUT2D eigenvalue weighted by Gasteiger charge is -2.33. The largest absolute Gasteiger partial charge is 0.340 e. The number of nitrogens with zero attached hydrogens (tertiary/aromatic N) is 2. The Morgan fingerprint density at radius 1 is 1.19 bits per heavy atom. The fourth-order valence-electron chi connectivity index (χ4n) is 2.94. The number of amides is 1. The van der Waals surface area contributed by atoms with Gasteiger partial charge in [0, 0.05) is 37.6 Å². The Balaban J connectivity index is 1.54. The molecule has 2 heterocycles. The highest BCUT2D eigenvalue weighted by atomic mass is 79.9. The molecule has 1 aromatic heterocycles. The Labute approximate surface area is 177 Å². The first kappa shape index (κ1) is 20.8. The van der Waals surface area contributed by atoms with Gasteiger partial charge in [0.2, 0.25) is 5.91 Å². The average Bonchev–Trinajstić information content (AvgIpc) is 3.10. The first-order valence-corrected chi connectivity index (χ1v) is 12.0. The maximum atomic E-state index is 12.6. The average molecular weight is 492 g/mol. The zero-order valence-electron chi connectivity index (χ0n) is 14.8. The van der Waals surface area contributed by atoms with Crippen molar-refractivity contribution in [1.29, 1.82) is 0 Å². The van der Waals surface area contributed by atoms with Crippen LogP contribution in [0.25, 0.3) is 0 Å². The second kappa shape index (κ2) is 8.61. The van der Waals surface area contributed by atoms with Crippen molar-refractivity contribution in [2.45, 2.75) is 24.0 Å². The van der Waals surface area contributed by atoms with Crippen molar-refractivity contribution in [2.75, 3.05) is 26.2 Å². The molecule has 146 valence electrons. The summed E-state index contributed by atoms with van der Waals surface area (Å²) in [5.74, 6) is 0.0441. The minimum atomic E-state index is -3.49. The highest BCUT2D eigenvalue weighted by Gasteiger charge is 2.30. The molecular weight excluding hydrogens is 472 g/mol. The van der Waals surface area contributed by atoms with Crippen molar-refractivity contribution < 1.29 is 13.2 Å². The number of hydrogen-bond acceptors (Lipinski definition) is 4. The van der Waals surface area contributed by atoms with Crippen molar-refractivity contribution in [1.82, 2.24) is 9.21 Å². The third-order valence-corrected chi connectivity index (χ3v) is 8.99. The monoisotopic (exact) mass is 490 g/mol. The van der Waals surface area contributed by atoms with E-state index in [9.17, 15) is 13.2 Å². The quantitative estimate of drug-likeness (QED) is 0.636. The van der Waals surface area contributed by atoms with E-state index in [1.54, 1.807) is 17.0 Å². The van der Waals surface area contributed by atoms with Gasteiger partial charge in [-0.2, -0.15) is 4.31 Å². The Morgan fingerprint density at radius 2 is 1.89 bits per heavy atom. The molecular formula is C18H20BrClN2O3S2. The zero-order valence-corrected chi connectivity index (χ0v) is 18.8. The molecule has 0 bridgehead atoms. The third-order valence-electron chi connectivity index (χ3n) is 4.60. The van der Waals surface area contributed by atoms with Gasteiger partial charge in [0.15, 0.2) is 0 Å². The van der Waals surface area contributed by atoms with E-state index in [4.69, 9.17) is 11.6 Å². The molecule has 0 saturated carbocycles. The molecule has 0 N–H and O–H groups in total.